The van der Waals surface area contributed by atoms with E-state index < -0.39 is 0 Å². The van der Waals surface area contributed by atoms with Gasteiger partial charge in [-0.15, -0.1) is 0 Å². The van der Waals surface area contributed by atoms with E-state index >= 15 is 0 Å². The number of hydrogen-bond acceptors (Lipinski definition) is 4. The van der Waals surface area contributed by atoms with Gasteiger partial charge >= 0.3 is 0 Å². The normalized spacial score (nSPS) is 12.3. The SMILES string of the molecule is CCCC(COC)NC(=O)c1cc2cc(OC)ccc2o1. The molecule has 2 rings (SSSR count). The summed E-state index contributed by atoms with van der Waals surface area (Å²) in [5, 5.41) is 3.78. The lowest BCUT2D eigenvalue weighted by Crippen LogP contribution is -2.37. The van der Waals surface area contributed by atoms with Crippen molar-refractivity contribution in [3.8, 4) is 5.75 Å². The van der Waals surface area contributed by atoms with E-state index in [1.165, 1.54) is 0 Å². The third-order valence-electron chi connectivity index (χ3n) is 3.29. The van der Waals surface area contributed by atoms with E-state index in [1.807, 2.05) is 6.07 Å². The minimum absolute atomic E-state index is 0.00440. The quantitative estimate of drug-likeness (QED) is 0.852. The highest BCUT2D eigenvalue weighted by Gasteiger charge is 2.17. The minimum atomic E-state index is -0.222. The first-order chi connectivity index (χ1) is 10.2. The summed E-state index contributed by atoms with van der Waals surface area (Å²) >= 11 is 0. The Morgan fingerprint density at radius 1 is 1.33 bits per heavy atom. The molecule has 5 heteroatoms. The summed E-state index contributed by atoms with van der Waals surface area (Å²) in [6.07, 6.45) is 1.85. The van der Waals surface area contributed by atoms with Crippen LogP contribution in [0, 0.1) is 0 Å². The Balaban J connectivity index is 2.14. The molecular formula is C16H21NO4. The number of ether oxygens (including phenoxy) is 2. The van der Waals surface area contributed by atoms with Crippen molar-refractivity contribution in [2.45, 2.75) is 25.8 Å². The molecule has 1 heterocycles. The van der Waals surface area contributed by atoms with Gasteiger partial charge in [-0.2, -0.15) is 0 Å². The van der Waals surface area contributed by atoms with E-state index in [-0.39, 0.29) is 11.9 Å². The lowest BCUT2D eigenvalue weighted by molar-refractivity contribution is 0.0866. The molecule has 1 N–H and O–H groups in total. The molecule has 0 radical (unpaired) electrons. The Labute approximate surface area is 124 Å². The van der Waals surface area contributed by atoms with Crippen molar-refractivity contribution in [3.63, 3.8) is 0 Å². The van der Waals surface area contributed by atoms with Crippen LogP contribution in [0.15, 0.2) is 28.7 Å². The molecule has 5 nitrogen and oxygen atoms in total. The molecule has 1 aromatic heterocycles. The molecule has 0 fully saturated rings. The summed E-state index contributed by atoms with van der Waals surface area (Å²) < 4.78 is 15.9. The van der Waals surface area contributed by atoms with Crippen LogP contribution in [0.2, 0.25) is 0 Å². The summed E-state index contributed by atoms with van der Waals surface area (Å²) in [6.45, 7) is 2.57. The topological polar surface area (TPSA) is 60.7 Å². The number of benzene rings is 1. The fourth-order valence-corrected chi connectivity index (χ4v) is 2.26. The van der Waals surface area contributed by atoms with E-state index in [9.17, 15) is 4.79 Å². The van der Waals surface area contributed by atoms with Gasteiger partial charge in [0.2, 0.25) is 0 Å². The summed E-state index contributed by atoms with van der Waals surface area (Å²) in [5.74, 6) is 0.814. The molecule has 2 aromatic rings. The van der Waals surface area contributed by atoms with Gasteiger partial charge in [0.1, 0.15) is 11.3 Å². The fraction of sp³-hybridized carbons (Fsp3) is 0.438. The van der Waals surface area contributed by atoms with Gasteiger partial charge in [0, 0.05) is 12.5 Å². The van der Waals surface area contributed by atoms with Crippen LogP contribution in [-0.2, 0) is 4.74 Å². The largest absolute Gasteiger partial charge is 0.497 e. The summed E-state index contributed by atoms with van der Waals surface area (Å²) in [6, 6.07) is 7.16. The zero-order chi connectivity index (χ0) is 15.2. The summed E-state index contributed by atoms with van der Waals surface area (Å²) in [7, 11) is 3.23. The third kappa shape index (κ3) is 3.76. The van der Waals surface area contributed by atoms with Crippen LogP contribution in [0.5, 0.6) is 5.75 Å². The van der Waals surface area contributed by atoms with Gasteiger partial charge in [0.25, 0.3) is 5.91 Å². The Bertz CT molecular complexity index is 599. The molecule has 0 saturated heterocycles. The van der Waals surface area contributed by atoms with Gasteiger partial charge in [0.15, 0.2) is 5.76 Å². The van der Waals surface area contributed by atoms with E-state index in [2.05, 4.69) is 12.2 Å². The molecule has 21 heavy (non-hydrogen) atoms. The first-order valence-electron chi connectivity index (χ1n) is 7.05. The first kappa shape index (κ1) is 15.4. The zero-order valence-electron chi connectivity index (χ0n) is 12.6. The van der Waals surface area contributed by atoms with Crippen LogP contribution in [0.1, 0.15) is 30.3 Å². The number of nitrogens with one attached hydrogen (secondary N) is 1. The molecule has 0 spiro atoms. The van der Waals surface area contributed by atoms with Crippen molar-refractivity contribution in [1.29, 1.82) is 0 Å². The maximum absolute atomic E-state index is 12.2. The molecule has 1 unspecified atom stereocenters. The van der Waals surface area contributed by atoms with Gasteiger partial charge in [0.05, 0.1) is 19.8 Å². The van der Waals surface area contributed by atoms with Crippen molar-refractivity contribution < 1.29 is 18.7 Å². The van der Waals surface area contributed by atoms with Crippen molar-refractivity contribution >= 4 is 16.9 Å². The van der Waals surface area contributed by atoms with Gasteiger partial charge in [-0.25, -0.2) is 0 Å². The maximum atomic E-state index is 12.2. The Morgan fingerprint density at radius 2 is 2.14 bits per heavy atom. The smallest absolute Gasteiger partial charge is 0.287 e. The average molecular weight is 291 g/mol. The number of furan rings is 1. The second-order valence-corrected chi connectivity index (χ2v) is 4.93. The number of hydrogen-bond donors (Lipinski definition) is 1. The van der Waals surface area contributed by atoms with E-state index in [4.69, 9.17) is 13.9 Å². The van der Waals surface area contributed by atoms with Crippen molar-refractivity contribution in [2.24, 2.45) is 0 Å². The van der Waals surface area contributed by atoms with Crippen molar-refractivity contribution in [2.75, 3.05) is 20.8 Å². The Kier molecular flexibility index (Phi) is 5.22. The average Bonchev–Trinajstić information content (AvgIpc) is 2.90. The standard InChI is InChI=1S/C16H21NO4/c1-4-5-12(10-19-2)17-16(18)15-9-11-8-13(20-3)6-7-14(11)21-15/h6-9,12H,4-5,10H2,1-3H3,(H,17,18). The van der Waals surface area contributed by atoms with E-state index in [0.717, 1.165) is 24.0 Å². The lowest BCUT2D eigenvalue weighted by Gasteiger charge is -2.16. The van der Waals surface area contributed by atoms with Gasteiger partial charge in [-0.05, 0) is 30.7 Å². The highest BCUT2D eigenvalue weighted by atomic mass is 16.5. The molecule has 1 aromatic carbocycles. The molecule has 0 bridgehead atoms. The second-order valence-electron chi connectivity index (χ2n) is 4.93. The number of amides is 1. The van der Waals surface area contributed by atoms with Crippen molar-refractivity contribution in [3.05, 3.63) is 30.0 Å². The van der Waals surface area contributed by atoms with Crippen LogP contribution >= 0.6 is 0 Å². The Morgan fingerprint density at radius 3 is 2.81 bits per heavy atom. The molecule has 114 valence electrons. The summed E-state index contributed by atoms with van der Waals surface area (Å²) in [5.41, 5.74) is 0.666. The molecule has 0 aliphatic heterocycles. The molecule has 0 saturated carbocycles. The van der Waals surface area contributed by atoms with Crippen LogP contribution in [0.3, 0.4) is 0 Å². The predicted molar refractivity (Wildman–Crippen MR) is 80.8 cm³/mol. The number of methoxy groups -OCH3 is 2. The van der Waals surface area contributed by atoms with Gasteiger partial charge < -0.3 is 19.2 Å². The number of fused-ring (bicyclic) bond motifs is 1. The van der Waals surface area contributed by atoms with Crippen LogP contribution in [-0.4, -0.2) is 32.8 Å². The number of carbonyl (C=O) groups is 1. The van der Waals surface area contributed by atoms with Crippen LogP contribution < -0.4 is 10.1 Å². The first-order valence-corrected chi connectivity index (χ1v) is 7.05. The maximum Gasteiger partial charge on any atom is 0.287 e. The molecule has 1 atom stereocenters. The highest BCUT2D eigenvalue weighted by Crippen LogP contribution is 2.24. The summed E-state index contributed by atoms with van der Waals surface area (Å²) in [4.78, 5) is 12.2. The van der Waals surface area contributed by atoms with Gasteiger partial charge in [-0.3, -0.25) is 4.79 Å². The van der Waals surface area contributed by atoms with Crippen LogP contribution in [0.25, 0.3) is 11.0 Å². The van der Waals surface area contributed by atoms with Gasteiger partial charge in [-0.1, -0.05) is 13.3 Å². The predicted octanol–water partition coefficient (Wildman–Crippen LogP) is 2.99. The van der Waals surface area contributed by atoms with E-state index in [1.54, 1.807) is 32.4 Å². The molecule has 1 amide bonds. The minimum Gasteiger partial charge on any atom is -0.497 e. The Hall–Kier alpha value is -2.01. The highest BCUT2D eigenvalue weighted by molar-refractivity contribution is 5.96. The number of rotatable bonds is 7. The lowest BCUT2D eigenvalue weighted by atomic mass is 10.2. The zero-order valence-corrected chi connectivity index (χ0v) is 12.6. The second kappa shape index (κ2) is 7.13. The van der Waals surface area contributed by atoms with E-state index in [0.29, 0.717) is 18.0 Å². The van der Waals surface area contributed by atoms with Crippen molar-refractivity contribution in [1.82, 2.24) is 5.32 Å². The molecular weight excluding hydrogens is 270 g/mol. The van der Waals surface area contributed by atoms with Crippen LogP contribution in [0.4, 0.5) is 0 Å². The third-order valence-corrected chi connectivity index (χ3v) is 3.29. The fourth-order valence-electron chi connectivity index (χ4n) is 2.26. The molecule has 0 aliphatic carbocycles. The number of carbonyl (C=O) groups excluding carboxylic acids is 1. The molecule has 0 aliphatic rings. The monoisotopic (exact) mass is 291 g/mol.